The number of pyridine rings is 1. The number of rotatable bonds is 5. The number of nitrogens with one attached hydrogen (secondary N) is 1. The molecule has 0 bridgehead atoms. The quantitative estimate of drug-likeness (QED) is 0.500. The molecule has 4 aromatic rings. The number of fused-ring (bicyclic) bond motifs is 1. The molecule has 3 heterocycles. The van der Waals surface area contributed by atoms with Gasteiger partial charge in [0.15, 0.2) is 5.82 Å². The molecule has 0 fully saturated rings. The number of aromatic nitrogens is 4. The Hall–Kier alpha value is -3.73. The van der Waals surface area contributed by atoms with Crippen LogP contribution in [0.2, 0.25) is 0 Å². The summed E-state index contributed by atoms with van der Waals surface area (Å²) in [5.41, 5.74) is 6.92. The predicted octanol–water partition coefficient (Wildman–Crippen LogP) is 2.56. The molecule has 30 heavy (non-hydrogen) atoms. The molecular weight excluding hydrogens is 411 g/mol. The lowest BCUT2D eigenvalue weighted by molar-refractivity contribution is 0.397. The van der Waals surface area contributed by atoms with Crippen molar-refractivity contribution in [2.75, 3.05) is 17.6 Å². The van der Waals surface area contributed by atoms with Crippen LogP contribution in [0.15, 0.2) is 53.9 Å². The topological polar surface area (TPSA) is 125 Å². The van der Waals surface area contributed by atoms with Gasteiger partial charge in [-0.15, -0.1) is 0 Å². The second-order valence-electron chi connectivity index (χ2n) is 6.42. The average Bonchev–Trinajstić information content (AvgIpc) is 3.07. The third-order valence-electron chi connectivity index (χ3n) is 4.54. The number of benzene rings is 1. The number of sulfonamides is 1. The normalized spacial score (nSPS) is 11.6. The van der Waals surface area contributed by atoms with Gasteiger partial charge in [-0.2, -0.15) is 0 Å². The number of ether oxygens (including phenoxy) is 1. The number of methoxy groups -OCH3 is 1. The highest BCUT2D eigenvalue weighted by molar-refractivity contribution is 7.92. The fourth-order valence-corrected chi connectivity index (χ4v) is 4.11. The monoisotopic (exact) mass is 428 g/mol. The summed E-state index contributed by atoms with van der Waals surface area (Å²) in [6.45, 7) is 0. The molecule has 0 aliphatic rings. The Balaban J connectivity index is 1.77. The Morgan fingerprint density at radius 3 is 2.63 bits per heavy atom. The average molecular weight is 428 g/mol. The van der Waals surface area contributed by atoms with Gasteiger partial charge in [-0.1, -0.05) is 12.1 Å². The predicted molar refractivity (Wildman–Crippen MR) is 110 cm³/mol. The van der Waals surface area contributed by atoms with Crippen LogP contribution in [0.3, 0.4) is 0 Å². The number of nitrogen functional groups attached to an aromatic ring is 1. The Morgan fingerprint density at radius 1 is 1.13 bits per heavy atom. The highest BCUT2D eigenvalue weighted by Gasteiger charge is 2.21. The van der Waals surface area contributed by atoms with Gasteiger partial charge in [0.1, 0.15) is 22.7 Å². The molecule has 0 saturated heterocycles. The molecule has 0 radical (unpaired) electrons. The molecule has 0 amide bonds. The molecule has 0 unspecified atom stereocenters. The number of hydrogen-bond acceptors (Lipinski definition) is 7. The van der Waals surface area contributed by atoms with Crippen molar-refractivity contribution < 1.29 is 17.5 Å². The van der Waals surface area contributed by atoms with E-state index in [4.69, 9.17) is 10.5 Å². The largest absolute Gasteiger partial charge is 0.481 e. The number of nitrogens with two attached hydrogens (primary N) is 1. The number of anilines is 2. The smallest absolute Gasteiger partial charge is 0.263 e. The summed E-state index contributed by atoms with van der Waals surface area (Å²) in [6.07, 6.45) is 4.12. The summed E-state index contributed by atoms with van der Waals surface area (Å²) in [6, 6.07) is 7.13. The lowest BCUT2D eigenvalue weighted by atomic mass is 10.0. The van der Waals surface area contributed by atoms with Gasteiger partial charge < -0.3 is 15.0 Å². The maximum absolute atomic E-state index is 15.3. The molecule has 0 aliphatic heterocycles. The van der Waals surface area contributed by atoms with Crippen molar-refractivity contribution >= 4 is 32.6 Å². The zero-order chi connectivity index (χ0) is 21.5. The van der Waals surface area contributed by atoms with E-state index in [1.807, 2.05) is 0 Å². The van der Waals surface area contributed by atoms with Gasteiger partial charge in [0.05, 0.1) is 24.4 Å². The first kappa shape index (κ1) is 19.6. The van der Waals surface area contributed by atoms with E-state index in [9.17, 15) is 8.42 Å². The summed E-state index contributed by atoms with van der Waals surface area (Å²) in [5.74, 6) is -0.290. The van der Waals surface area contributed by atoms with Gasteiger partial charge in [-0.05, 0) is 12.1 Å². The summed E-state index contributed by atoms with van der Waals surface area (Å²) >= 11 is 0. The number of hydrogen-bond donors (Lipinski definition) is 2. The first-order chi connectivity index (χ1) is 14.3. The van der Waals surface area contributed by atoms with Crippen molar-refractivity contribution in [3.05, 3.63) is 54.9 Å². The van der Waals surface area contributed by atoms with E-state index in [1.54, 1.807) is 23.9 Å². The minimum absolute atomic E-state index is 0.129. The summed E-state index contributed by atoms with van der Waals surface area (Å²) in [4.78, 5) is 11.9. The van der Waals surface area contributed by atoms with Crippen LogP contribution in [0.1, 0.15) is 0 Å². The number of halogens is 1. The fraction of sp³-hybridized carbons (Fsp3) is 0.105. The van der Waals surface area contributed by atoms with Crippen LogP contribution in [0.4, 0.5) is 15.9 Å². The van der Waals surface area contributed by atoms with Gasteiger partial charge in [0.25, 0.3) is 10.0 Å². The van der Waals surface area contributed by atoms with E-state index in [0.717, 1.165) is 6.20 Å². The minimum atomic E-state index is -4.07. The lowest BCUT2D eigenvalue weighted by Crippen LogP contribution is -2.14. The van der Waals surface area contributed by atoms with Crippen molar-refractivity contribution in [2.45, 2.75) is 4.90 Å². The molecule has 0 saturated carbocycles. The van der Waals surface area contributed by atoms with E-state index in [0.29, 0.717) is 16.6 Å². The van der Waals surface area contributed by atoms with Crippen molar-refractivity contribution in [1.82, 2.24) is 19.5 Å². The SMILES string of the molecule is COc1ccc(S(=O)(=O)Nc2cccc(-c3cn(C)c4ncnc(N)c34)c2F)cn1. The van der Waals surface area contributed by atoms with Crippen molar-refractivity contribution in [2.24, 2.45) is 7.05 Å². The Labute approximate surface area is 171 Å². The maximum atomic E-state index is 15.3. The minimum Gasteiger partial charge on any atom is -0.481 e. The van der Waals surface area contributed by atoms with Gasteiger partial charge in [-0.3, -0.25) is 4.72 Å². The number of aryl methyl sites for hydroxylation is 1. The summed E-state index contributed by atoms with van der Waals surface area (Å²) < 4.78 is 49.6. The van der Waals surface area contributed by atoms with Gasteiger partial charge in [-0.25, -0.2) is 27.8 Å². The Bertz CT molecular complexity index is 1350. The van der Waals surface area contributed by atoms with Crippen LogP contribution < -0.4 is 15.2 Å². The van der Waals surface area contributed by atoms with Crippen LogP contribution in [0.25, 0.3) is 22.2 Å². The van der Waals surface area contributed by atoms with Crippen LogP contribution in [0, 0.1) is 5.82 Å². The van der Waals surface area contributed by atoms with Crippen molar-refractivity contribution in [3.8, 4) is 17.0 Å². The first-order valence-electron chi connectivity index (χ1n) is 8.69. The van der Waals surface area contributed by atoms with Gasteiger partial charge in [0, 0.05) is 30.4 Å². The van der Waals surface area contributed by atoms with Gasteiger partial charge in [0.2, 0.25) is 5.88 Å². The van der Waals surface area contributed by atoms with Crippen LogP contribution >= 0.6 is 0 Å². The first-order valence-corrected chi connectivity index (χ1v) is 10.2. The second-order valence-corrected chi connectivity index (χ2v) is 8.10. The molecular formula is C19H17FN6O3S. The van der Waals surface area contributed by atoms with E-state index in [1.165, 1.54) is 37.7 Å². The lowest BCUT2D eigenvalue weighted by Gasteiger charge is -2.11. The van der Waals surface area contributed by atoms with Crippen LogP contribution in [0.5, 0.6) is 5.88 Å². The van der Waals surface area contributed by atoms with E-state index >= 15 is 4.39 Å². The Kier molecular flexibility index (Phi) is 4.74. The fourth-order valence-electron chi connectivity index (χ4n) is 3.11. The molecule has 3 N–H and O–H groups in total. The molecule has 4 rings (SSSR count). The molecule has 0 aliphatic carbocycles. The third kappa shape index (κ3) is 3.28. The van der Waals surface area contributed by atoms with Crippen LogP contribution in [-0.2, 0) is 17.1 Å². The number of nitrogens with zero attached hydrogens (tertiary/aromatic N) is 4. The van der Waals surface area contributed by atoms with E-state index < -0.39 is 15.8 Å². The molecule has 154 valence electrons. The molecule has 11 heteroatoms. The van der Waals surface area contributed by atoms with Crippen LogP contribution in [-0.4, -0.2) is 35.0 Å². The summed E-state index contributed by atoms with van der Waals surface area (Å²) in [5, 5.41) is 0.485. The van der Waals surface area contributed by atoms with Gasteiger partial charge >= 0.3 is 0 Å². The highest BCUT2D eigenvalue weighted by Crippen LogP contribution is 2.36. The Morgan fingerprint density at radius 2 is 1.93 bits per heavy atom. The zero-order valence-electron chi connectivity index (χ0n) is 16.0. The maximum Gasteiger partial charge on any atom is 0.263 e. The zero-order valence-corrected chi connectivity index (χ0v) is 16.8. The molecule has 0 atom stereocenters. The molecule has 1 aromatic carbocycles. The standard InChI is InChI=1S/C19H17FN6O3S/c1-26-9-13(16-18(21)23-10-24-19(16)26)12-4-3-5-14(17(12)20)25-30(27,28)11-6-7-15(29-2)22-8-11/h3-10,25H,1-2H3,(H2,21,23,24). The van der Waals surface area contributed by atoms with Crippen molar-refractivity contribution in [3.63, 3.8) is 0 Å². The van der Waals surface area contributed by atoms with E-state index in [-0.39, 0.29) is 27.8 Å². The van der Waals surface area contributed by atoms with Crippen molar-refractivity contribution in [1.29, 1.82) is 0 Å². The highest BCUT2D eigenvalue weighted by atomic mass is 32.2. The second kappa shape index (κ2) is 7.26. The summed E-state index contributed by atoms with van der Waals surface area (Å²) in [7, 11) is -0.901. The molecule has 0 spiro atoms. The molecule has 3 aromatic heterocycles. The van der Waals surface area contributed by atoms with E-state index in [2.05, 4.69) is 19.7 Å². The molecule has 9 nitrogen and oxygen atoms in total. The third-order valence-corrected chi connectivity index (χ3v) is 5.90.